The molecule has 1 aliphatic heterocycles. The van der Waals surface area contributed by atoms with Crippen molar-refractivity contribution in [1.29, 1.82) is 0 Å². The van der Waals surface area contributed by atoms with Gasteiger partial charge in [-0.3, -0.25) is 4.98 Å². The lowest BCUT2D eigenvalue weighted by atomic mass is 10.0. The van der Waals surface area contributed by atoms with Crippen LogP contribution >= 0.6 is 0 Å². The van der Waals surface area contributed by atoms with Crippen LogP contribution in [0.1, 0.15) is 5.69 Å². The van der Waals surface area contributed by atoms with Crippen molar-refractivity contribution in [2.24, 2.45) is 0 Å². The number of nitrogens with zero attached hydrogens (tertiary/aromatic N) is 6. The molecule has 2 aromatic carbocycles. The summed E-state index contributed by atoms with van der Waals surface area (Å²) in [6.07, 6.45) is 2.71. The lowest BCUT2D eigenvalue weighted by molar-refractivity contribution is 0.142. The van der Waals surface area contributed by atoms with Crippen LogP contribution in [0.5, 0.6) is 0 Å². The van der Waals surface area contributed by atoms with Crippen LogP contribution in [0.4, 0.5) is 10.5 Å². The van der Waals surface area contributed by atoms with Gasteiger partial charge in [0.2, 0.25) is 0 Å². The summed E-state index contributed by atoms with van der Waals surface area (Å²) in [5, 5.41) is 25.1. The van der Waals surface area contributed by atoms with Crippen LogP contribution in [0.3, 0.4) is 0 Å². The number of hydrogen-bond donors (Lipinski definition) is 2. The molecule has 36 heavy (non-hydrogen) atoms. The van der Waals surface area contributed by atoms with E-state index in [1.807, 2.05) is 60.7 Å². The fraction of sp³-hybridized carbons (Fsp3) is 0.185. The van der Waals surface area contributed by atoms with Gasteiger partial charge in [0, 0.05) is 54.6 Å². The van der Waals surface area contributed by atoms with E-state index in [0.29, 0.717) is 37.5 Å². The fourth-order valence-corrected chi connectivity index (χ4v) is 4.83. The molecule has 6 rings (SSSR count). The molecule has 1 saturated heterocycles. The van der Waals surface area contributed by atoms with Gasteiger partial charge in [-0.15, -0.1) is 0 Å². The van der Waals surface area contributed by atoms with E-state index in [1.54, 1.807) is 16.9 Å². The minimum Gasteiger partial charge on any atom is -0.465 e. The number of rotatable bonds is 4. The molecule has 2 N–H and O–H groups in total. The first-order valence-electron chi connectivity index (χ1n) is 11.8. The second kappa shape index (κ2) is 8.94. The smallest absolute Gasteiger partial charge is 0.407 e. The number of aliphatic hydroxyl groups is 1. The van der Waals surface area contributed by atoms with E-state index < -0.39 is 6.09 Å². The summed E-state index contributed by atoms with van der Waals surface area (Å²) in [5.41, 5.74) is 6.74. The Bertz CT molecular complexity index is 1570. The van der Waals surface area contributed by atoms with E-state index in [-0.39, 0.29) is 6.61 Å². The van der Waals surface area contributed by atoms with Gasteiger partial charge in [0.1, 0.15) is 0 Å². The Labute approximate surface area is 206 Å². The molecule has 4 heterocycles. The molecule has 5 aromatic rings. The highest BCUT2D eigenvalue weighted by Gasteiger charge is 2.21. The summed E-state index contributed by atoms with van der Waals surface area (Å²) in [6, 6.07) is 19.9. The first kappa shape index (κ1) is 22.0. The lowest BCUT2D eigenvalue weighted by Gasteiger charge is -2.34. The van der Waals surface area contributed by atoms with Crippen molar-refractivity contribution in [2.75, 3.05) is 31.1 Å². The highest BCUT2D eigenvalue weighted by atomic mass is 16.4. The van der Waals surface area contributed by atoms with Crippen LogP contribution in [0, 0.1) is 0 Å². The molecule has 1 amide bonds. The second-order valence-corrected chi connectivity index (χ2v) is 8.76. The number of aliphatic hydroxyl groups excluding tert-OH is 1. The summed E-state index contributed by atoms with van der Waals surface area (Å²) < 4.78 is 1.77. The zero-order valence-electron chi connectivity index (χ0n) is 19.4. The number of para-hydroxylation sites is 1. The number of pyridine rings is 1. The minimum atomic E-state index is -0.872. The number of carboxylic acid groups (broad SMARTS) is 1. The molecule has 0 radical (unpaired) electrons. The van der Waals surface area contributed by atoms with Crippen LogP contribution < -0.4 is 4.90 Å². The number of carbonyl (C=O) groups is 1. The number of amides is 1. The fourth-order valence-electron chi connectivity index (χ4n) is 4.83. The van der Waals surface area contributed by atoms with Gasteiger partial charge >= 0.3 is 6.09 Å². The standard InChI is InChI=1S/C27H24N6O3/c34-17-24-22(18-5-7-19(8-6-18)31-11-13-32(14-12-31)27(35)36)15-26-29-16-25(33(26)30-24)21-9-10-28-23-4-2-1-3-20(21)23/h1-10,15-16,34H,11-14,17H2,(H,35,36). The van der Waals surface area contributed by atoms with Gasteiger partial charge < -0.3 is 20.0 Å². The predicted molar refractivity (Wildman–Crippen MR) is 137 cm³/mol. The summed E-state index contributed by atoms with van der Waals surface area (Å²) in [6.45, 7) is 2.07. The minimum absolute atomic E-state index is 0.209. The number of benzene rings is 2. The average Bonchev–Trinajstić information content (AvgIpc) is 3.35. The summed E-state index contributed by atoms with van der Waals surface area (Å²) in [4.78, 5) is 23.8. The molecule has 3 aromatic heterocycles. The number of anilines is 1. The van der Waals surface area contributed by atoms with Crippen molar-refractivity contribution in [1.82, 2.24) is 24.5 Å². The van der Waals surface area contributed by atoms with E-state index in [9.17, 15) is 9.90 Å². The Kier molecular flexibility index (Phi) is 5.46. The van der Waals surface area contributed by atoms with E-state index in [0.717, 1.165) is 39.0 Å². The Morgan fingerprint density at radius 3 is 2.44 bits per heavy atom. The third-order valence-electron chi connectivity index (χ3n) is 6.74. The summed E-state index contributed by atoms with van der Waals surface area (Å²) >= 11 is 0. The van der Waals surface area contributed by atoms with Crippen molar-refractivity contribution in [3.05, 3.63) is 78.8 Å². The maximum absolute atomic E-state index is 11.2. The molecular weight excluding hydrogens is 456 g/mol. The maximum Gasteiger partial charge on any atom is 0.407 e. The van der Waals surface area contributed by atoms with Gasteiger partial charge in [-0.25, -0.2) is 14.3 Å². The first-order chi connectivity index (χ1) is 17.6. The van der Waals surface area contributed by atoms with Crippen LogP contribution in [0.2, 0.25) is 0 Å². The summed E-state index contributed by atoms with van der Waals surface area (Å²) in [5.74, 6) is 0. The molecule has 180 valence electrons. The van der Waals surface area contributed by atoms with Gasteiger partial charge in [-0.1, -0.05) is 30.3 Å². The van der Waals surface area contributed by atoms with E-state index in [4.69, 9.17) is 10.2 Å². The van der Waals surface area contributed by atoms with Gasteiger partial charge in [-0.05, 0) is 35.9 Å². The van der Waals surface area contributed by atoms with Crippen molar-refractivity contribution in [2.45, 2.75) is 6.61 Å². The third kappa shape index (κ3) is 3.79. The highest BCUT2D eigenvalue weighted by molar-refractivity contribution is 5.93. The quantitative estimate of drug-likeness (QED) is 0.402. The predicted octanol–water partition coefficient (Wildman–Crippen LogP) is 3.90. The molecule has 0 aliphatic carbocycles. The molecular formula is C27H24N6O3. The van der Waals surface area contributed by atoms with Gasteiger partial charge in [0.05, 0.1) is 29.7 Å². The van der Waals surface area contributed by atoms with Gasteiger partial charge in [-0.2, -0.15) is 5.10 Å². The van der Waals surface area contributed by atoms with Crippen molar-refractivity contribution < 1.29 is 15.0 Å². The van der Waals surface area contributed by atoms with Gasteiger partial charge in [0.15, 0.2) is 5.65 Å². The molecule has 9 nitrogen and oxygen atoms in total. The van der Waals surface area contributed by atoms with Crippen LogP contribution in [0.15, 0.2) is 73.1 Å². The molecule has 0 bridgehead atoms. The molecule has 0 unspecified atom stereocenters. The number of hydrogen-bond acceptors (Lipinski definition) is 6. The van der Waals surface area contributed by atoms with Crippen LogP contribution in [-0.2, 0) is 6.61 Å². The molecule has 0 atom stereocenters. The summed E-state index contributed by atoms with van der Waals surface area (Å²) in [7, 11) is 0. The number of fused-ring (bicyclic) bond motifs is 2. The zero-order valence-corrected chi connectivity index (χ0v) is 19.4. The third-order valence-corrected chi connectivity index (χ3v) is 6.74. The SMILES string of the molecule is O=C(O)N1CCN(c2ccc(-c3cc4ncc(-c5ccnc6ccccc56)n4nc3CO)cc2)CC1. The monoisotopic (exact) mass is 480 g/mol. The van der Waals surface area contributed by atoms with Gasteiger partial charge in [0.25, 0.3) is 0 Å². The van der Waals surface area contributed by atoms with Crippen molar-refractivity contribution in [3.63, 3.8) is 0 Å². The average molecular weight is 481 g/mol. The largest absolute Gasteiger partial charge is 0.465 e. The van der Waals surface area contributed by atoms with Crippen LogP contribution in [-0.4, -0.2) is 67.0 Å². The maximum atomic E-state index is 11.2. The normalized spacial score (nSPS) is 14.0. The topological polar surface area (TPSA) is 107 Å². The molecule has 0 saturated carbocycles. The molecule has 1 fully saturated rings. The Balaban J connectivity index is 1.34. The highest BCUT2D eigenvalue weighted by Crippen LogP contribution is 2.31. The van der Waals surface area contributed by atoms with Crippen molar-refractivity contribution >= 4 is 28.3 Å². The van der Waals surface area contributed by atoms with E-state index >= 15 is 0 Å². The first-order valence-corrected chi connectivity index (χ1v) is 11.8. The van der Waals surface area contributed by atoms with E-state index in [1.165, 1.54) is 4.90 Å². The Morgan fingerprint density at radius 1 is 0.917 bits per heavy atom. The molecule has 1 aliphatic rings. The Morgan fingerprint density at radius 2 is 1.69 bits per heavy atom. The van der Waals surface area contributed by atoms with Crippen molar-refractivity contribution in [3.8, 4) is 22.4 Å². The lowest BCUT2D eigenvalue weighted by Crippen LogP contribution is -2.48. The van der Waals surface area contributed by atoms with Crippen LogP contribution in [0.25, 0.3) is 38.9 Å². The molecule has 9 heteroatoms. The van der Waals surface area contributed by atoms with E-state index in [2.05, 4.69) is 14.9 Å². The number of imidazole rings is 1. The number of aromatic nitrogens is 4. The number of piperazine rings is 1. The molecule has 0 spiro atoms. The Hall–Kier alpha value is -4.50. The second-order valence-electron chi connectivity index (χ2n) is 8.76. The zero-order chi connectivity index (χ0) is 24.6.